The molecule has 0 aliphatic carbocycles. The summed E-state index contributed by atoms with van der Waals surface area (Å²) in [6, 6.07) is 65.4. The minimum atomic E-state index is 1.10. The van der Waals surface area contributed by atoms with Gasteiger partial charge in [-0.2, -0.15) is 0 Å². The zero-order valence-corrected chi connectivity index (χ0v) is 26.9. The summed E-state index contributed by atoms with van der Waals surface area (Å²) < 4.78 is 1.10. The van der Waals surface area contributed by atoms with E-state index in [0.717, 1.165) is 21.5 Å². The Morgan fingerprint density at radius 1 is 0.304 bits per heavy atom. The van der Waals surface area contributed by atoms with Crippen molar-refractivity contribution in [2.45, 2.75) is 0 Å². The van der Waals surface area contributed by atoms with Gasteiger partial charge in [-0.05, 0) is 5.56 Å². The molecule has 0 unspecified atom stereocenters. The SMILES string of the molecule is [Se]c1cc(-c2ccccc2)cc(N(c2ccccc2)c2ccc(-c3c4ccccc4c(-c4ccccc4)c4ccccc34)cc2)c1. The van der Waals surface area contributed by atoms with Crippen LogP contribution < -0.4 is 9.36 Å². The zero-order valence-electron chi connectivity index (χ0n) is 25.2. The van der Waals surface area contributed by atoms with E-state index < -0.39 is 0 Å². The Morgan fingerprint density at radius 3 is 1.24 bits per heavy atom. The van der Waals surface area contributed by atoms with Gasteiger partial charge in [0.15, 0.2) is 0 Å². The van der Waals surface area contributed by atoms with Gasteiger partial charge < -0.3 is 0 Å². The van der Waals surface area contributed by atoms with Crippen LogP contribution in [0, 0.1) is 0 Å². The van der Waals surface area contributed by atoms with Crippen LogP contribution in [0.15, 0.2) is 182 Å². The molecule has 0 aliphatic heterocycles. The van der Waals surface area contributed by atoms with E-state index in [1.54, 1.807) is 0 Å². The Kier molecular flexibility index (Phi) is 7.44. The molecule has 0 saturated carbocycles. The van der Waals surface area contributed by atoms with Crippen molar-refractivity contribution in [1.29, 1.82) is 0 Å². The van der Waals surface area contributed by atoms with Crippen molar-refractivity contribution in [3.63, 3.8) is 0 Å². The fourth-order valence-corrected chi connectivity index (χ4v) is 7.19. The summed E-state index contributed by atoms with van der Waals surface area (Å²) in [6.45, 7) is 0. The predicted molar refractivity (Wildman–Crippen MR) is 198 cm³/mol. The van der Waals surface area contributed by atoms with Crippen molar-refractivity contribution in [2.24, 2.45) is 0 Å². The van der Waals surface area contributed by atoms with Crippen molar-refractivity contribution in [3.05, 3.63) is 182 Å². The minimum absolute atomic E-state index is 1.10. The quantitative estimate of drug-likeness (QED) is 0.128. The van der Waals surface area contributed by atoms with E-state index in [1.165, 1.54) is 54.9 Å². The molecular formula is C44H30NSe. The van der Waals surface area contributed by atoms with Gasteiger partial charge in [0.2, 0.25) is 0 Å². The second-order valence-corrected chi connectivity index (χ2v) is 12.5. The van der Waals surface area contributed by atoms with E-state index in [4.69, 9.17) is 0 Å². The zero-order chi connectivity index (χ0) is 30.9. The third-order valence-corrected chi connectivity index (χ3v) is 9.17. The van der Waals surface area contributed by atoms with E-state index in [2.05, 4.69) is 203 Å². The third-order valence-electron chi connectivity index (χ3n) is 8.68. The molecule has 1 nitrogen and oxygen atoms in total. The van der Waals surface area contributed by atoms with Gasteiger partial charge in [-0.1, -0.05) is 42.5 Å². The molecule has 0 atom stereocenters. The van der Waals surface area contributed by atoms with Gasteiger partial charge in [0.25, 0.3) is 0 Å². The van der Waals surface area contributed by atoms with Crippen LogP contribution in [0.1, 0.15) is 0 Å². The van der Waals surface area contributed by atoms with Gasteiger partial charge in [-0.25, -0.2) is 0 Å². The maximum absolute atomic E-state index is 3.26. The van der Waals surface area contributed by atoms with Gasteiger partial charge >= 0.3 is 231 Å². The fraction of sp³-hybridized carbons (Fsp3) is 0. The Morgan fingerprint density at radius 2 is 0.717 bits per heavy atom. The molecule has 0 N–H and O–H groups in total. The number of fused-ring (bicyclic) bond motifs is 2. The molecule has 46 heavy (non-hydrogen) atoms. The molecular weight excluding hydrogens is 621 g/mol. The second kappa shape index (κ2) is 12.2. The second-order valence-electron chi connectivity index (χ2n) is 11.5. The third kappa shape index (κ3) is 5.18. The average molecular weight is 652 g/mol. The van der Waals surface area contributed by atoms with Crippen molar-refractivity contribution < 1.29 is 0 Å². The fourth-order valence-electron chi connectivity index (χ4n) is 6.67. The van der Waals surface area contributed by atoms with Gasteiger partial charge in [-0.15, -0.1) is 0 Å². The number of para-hydroxylation sites is 1. The summed E-state index contributed by atoms with van der Waals surface area (Å²) in [5, 5.41) is 5.05. The summed E-state index contributed by atoms with van der Waals surface area (Å²) in [5.74, 6) is 0. The van der Waals surface area contributed by atoms with Crippen LogP contribution in [0.2, 0.25) is 0 Å². The molecule has 0 aliphatic rings. The van der Waals surface area contributed by atoms with Crippen molar-refractivity contribution in [1.82, 2.24) is 0 Å². The number of rotatable bonds is 6. The van der Waals surface area contributed by atoms with E-state index in [9.17, 15) is 0 Å². The van der Waals surface area contributed by atoms with Gasteiger partial charge in [0.05, 0.1) is 0 Å². The number of benzene rings is 8. The first kappa shape index (κ1) is 28.1. The average Bonchev–Trinajstić information content (AvgIpc) is 3.12. The first-order valence-corrected chi connectivity index (χ1v) is 16.4. The van der Waals surface area contributed by atoms with Crippen LogP contribution in [0.4, 0.5) is 17.1 Å². The molecule has 8 aromatic carbocycles. The van der Waals surface area contributed by atoms with E-state index >= 15 is 0 Å². The molecule has 0 spiro atoms. The van der Waals surface area contributed by atoms with Crippen molar-refractivity contribution in [3.8, 4) is 33.4 Å². The van der Waals surface area contributed by atoms with Crippen molar-refractivity contribution >= 4 is 59.1 Å². The first-order valence-electron chi connectivity index (χ1n) is 15.6. The number of anilines is 3. The van der Waals surface area contributed by atoms with Crippen LogP contribution in [-0.2, 0) is 0 Å². The van der Waals surface area contributed by atoms with Gasteiger partial charge in [0, 0.05) is 0 Å². The van der Waals surface area contributed by atoms with E-state index in [0.29, 0.717) is 0 Å². The predicted octanol–water partition coefficient (Wildman–Crippen LogP) is 11.3. The van der Waals surface area contributed by atoms with Crippen LogP contribution in [0.3, 0.4) is 0 Å². The molecule has 0 aromatic heterocycles. The van der Waals surface area contributed by atoms with E-state index in [-0.39, 0.29) is 0 Å². The maximum atomic E-state index is 3.26. The Bertz CT molecular complexity index is 2240. The summed E-state index contributed by atoms with van der Waals surface area (Å²) in [5.41, 5.74) is 10.7. The molecule has 1 radical (unpaired) electrons. The van der Waals surface area contributed by atoms with Crippen LogP contribution >= 0.6 is 0 Å². The molecule has 2 heteroatoms. The summed E-state index contributed by atoms with van der Waals surface area (Å²) in [6.07, 6.45) is 0. The summed E-state index contributed by atoms with van der Waals surface area (Å²) in [4.78, 5) is 2.34. The van der Waals surface area contributed by atoms with Gasteiger partial charge in [-0.3, -0.25) is 0 Å². The molecule has 217 valence electrons. The van der Waals surface area contributed by atoms with Gasteiger partial charge in [0.1, 0.15) is 0 Å². The monoisotopic (exact) mass is 652 g/mol. The number of hydrogen-bond donors (Lipinski definition) is 0. The molecule has 0 amide bonds. The molecule has 0 fully saturated rings. The number of hydrogen-bond acceptors (Lipinski definition) is 1. The van der Waals surface area contributed by atoms with Crippen molar-refractivity contribution in [2.75, 3.05) is 4.90 Å². The molecule has 0 saturated heterocycles. The summed E-state index contributed by atoms with van der Waals surface area (Å²) in [7, 11) is 0. The van der Waals surface area contributed by atoms with Crippen LogP contribution in [0.25, 0.3) is 54.9 Å². The van der Waals surface area contributed by atoms with E-state index in [1.807, 2.05) is 0 Å². The first-order chi connectivity index (χ1) is 22.7. The van der Waals surface area contributed by atoms with Crippen LogP contribution in [0.5, 0.6) is 0 Å². The Hall–Kier alpha value is -5.40. The Balaban J connectivity index is 1.30. The molecule has 0 bridgehead atoms. The molecule has 8 rings (SSSR count). The standard InChI is InChI=1S/C44H30NSe/c46-38-29-34(31-14-4-1-5-15-31)28-37(30-38)45(35-18-8-3-9-19-35)36-26-24-33(25-27-36)44-41-22-12-10-20-39(41)43(32-16-6-2-7-17-32)40-21-11-13-23-42(40)44/h1-30H. The topological polar surface area (TPSA) is 3.24 Å². The molecule has 0 heterocycles. The summed E-state index contributed by atoms with van der Waals surface area (Å²) >= 11 is 3.26. The Labute approximate surface area is 278 Å². The molecule has 8 aromatic rings. The number of nitrogens with zero attached hydrogens (tertiary/aromatic N) is 1. The van der Waals surface area contributed by atoms with Crippen LogP contribution in [-0.4, -0.2) is 16.0 Å². The normalized spacial score (nSPS) is 11.1.